The number of rotatable bonds is 1. The maximum Gasteiger partial charge on any atom is 0.225 e. The summed E-state index contributed by atoms with van der Waals surface area (Å²) in [4.78, 5) is 19.3. The van der Waals surface area contributed by atoms with E-state index in [1.165, 1.54) is 16.7 Å². The molecule has 1 saturated heterocycles. The molecule has 1 aromatic carbocycles. The quantitative estimate of drug-likeness (QED) is 0.776. The van der Waals surface area contributed by atoms with E-state index in [0.717, 1.165) is 30.8 Å². The summed E-state index contributed by atoms with van der Waals surface area (Å²) < 4.78 is 0. The number of amides is 1. The molecule has 2 heterocycles. The molecule has 1 amide bonds. The van der Waals surface area contributed by atoms with E-state index in [1.807, 2.05) is 4.90 Å². The first-order valence-electron chi connectivity index (χ1n) is 8.65. The zero-order valence-electron chi connectivity index (χ0n) is 14.4. The highest BCUT2D eigenvalue weighted by Gasteiger charge is 2.60. The van der Waals surface area contributed by atoms with Gasteiger partial charge < -0.3 is 0 Å². The van der Waals surface area contributed by atoms with E-state index in [0.29, 0.717) is 5.92 Å². The van der Waals surface area contributed by atoms with Gasteiger partial charge in [0.05, 0.1) is 5.41 Å². The van der Waals surface area contributed by atoms with E-state index in [-0.39, 0.29) is 17.4 Å². The molecule has 1 aromatic rings. The van der Waals surface area contributed by atoms with Gasteiger partial charge in [0, 0.05) is 24.6 Å². The minimum absolute atomic E-state index is 0.0907. The molecule has 1 aliphatic carbocycles. The lowest BCUT2D eigenvalue weighted by atomic mass is 9.68. The van der Waals surface area contributed by atoms with Crippen LogP contribution in [-0.4, -0.2) is 22.7 Å². The van der Waals surface area contributed by atoms with E-state index < -0.39 is 0 Å². The van der Waals surface area contributed by atoms with Gasteiger partial charge >= 0.3 is 0 Å². The van der Waals surface area contributed by atoms with E-state index >= 15 is 0 Å². The first-order valence-corrected chi connectivity index (χ1v) is 8.65. The van der Waals surface area contributed by atoms with Crippen LogP contribution in [-0.2, 0) is 16.6 Å². The normalized spacial score (nSPS) is 31.7. The number of fused-ring (bicyclic) bond motifs is 1. The maximum atomic E-state index is 12.4. The maximum absolute atomic E-state index is 12.4. The third-order valence-corrected chi connectivity index (χ3v) is 6.24. The molecular weight excluding hydrogens is 284 g/mol. The van der Waals surface area contributed by atoms with Crippen molar-refractivity contribution in [3.8, 4) is 0 Å². The summed E-state index contributed by atoms with van der Waals surface area (Å²) in [6.07, 6.45) is 3.06. The van der Waals surface area contributed by atoms with Crippen molar-refractivity contribution in [2.24, 2.45) is 10.9 Å². The van der Waals surface area contributed by atoms with E-state index in [1.54, 1.807) is 6.92 Å². The van der Waals surface area contributed by atoms with Gasteiger partial charge in [0.25, 0.3) is 0 Å². The van der Waals surface area contributed by atoms with Crippen molar-refractivity contribution in [1.82, 2.24) is 4.90 Å². The lowest BCUT2D eigenvalue weighted by Gasteiger charge is -2.37. The van der Waals surface area contributed by atoms with Crippen molar-refractivity contribution in [2.75, 3.05) is 0 Å². The second kappa shape index (κ2) is 4.80. The molecule has 0 aromatic heterocycles. The number of carbonyl (C=O) groups excluding carboxylic acids is 1. The van der Waals surface area contributed by atoms with Crippen molar-refractivity contribution < 1.29 is 4.79 Å². The van der Waals surface area contributed by atoms with Gasteiger partial charge in [-0.05, 0) is 49.8 Å². The van der Waals surface area contributed by atoms with Crippen LogP contribution in [0.15, 0.2) is 40.5 Å². The summed E-state index contributed by atoms with van der Waals surface area (Å²) in [7, 11) is 0. The summed E-state index contributed by atoms with van der Waals surface area (Å²) in [6, 6.07) is 9.03. The van der Waals surface area contributed by atoms with E-state index in [4.69, 9.17) is 4.99 Å². The highest BCUT2D eigenvalue weighted by molar-refractivity contribution is 6.08. The van der Waals surface area contributed by atoms with Crippen molar-refractivity contribution in [2.45, 2.75) is 58.4 Å². The number of likely N-dealkylation sites (tertiary alicyclic amines) is 1. The number of carbonyl (C=O) groups is 1. The Morgan fingerprint density at radius 1 is 1.35 bits per heavy atom. The van der Waals surface area contributed by atoms with E-state index in [2.05, 4.69) is 45.0 Å². The molecule has 3 heteroatoms. The molecular formula is C20H24N2O. The minimum atomic E-state index is -0.0907. The lowest BCUT2D eigenvalue weighted by molar-refractivity contribution is -0.126. The molecule has 0 bridgehead atoms. The molecule has 3 atom stereocenters. The Morgan fingerprint density at radius 3 is 2.78 bits per heavy atom. The standard InChI is InChI=1S/C20H24N2O/c1-5-16-11-20-17-9-7-6-8-15(17)10-18(20)12(2)13(3)21-19(20)22(16)14(4)23/h6-9,16,18H,5,10-11H2,1-4H3/t16-,18?,20+/m1/s1. The summed E-state index contributed by atoms with van der Waals surface area (Å²) in [6.45, 7) is 8.18. The molecule has 3 aliphatic rings. The third-order valence-electron chi connectivity index (χ3n) is 6.24. The molecule has 1 fully saturated rings. The van der Waals surface area contributed by atoms with Gasteiger partial charge in [-0.2, -0.15) is 0 Å². The molecule has 2 aliphatic heterocycles. The van der Waals surface area contributed by atoms with Crippen LogP contribution in [0.3, 0.4) is 0 Å². The Kier molecular flexibility index (Phi) is 3.06. The van der Waals surface area contributed by atoms with Crippen LogP contribution < -0.4 is 0 Å². The first-order chi connectivity index (χ1) is 11.0. The van der Waals surface area contributed by atoms with Crippen molar-refractivity contribution in [3.05, 3.63) is 46.7 Å². The highest BCUT2D eigenvalue weighted by Crippen LogP contribution is 2.57. The summed E-state index contributed by atoms with van der Waals surface area (Å²) in [5.41, 5.74) is 5.23. The Hall–Kier alpha value is -1.90. The predicted molar refractivity (Wildman–Crippen MR) is 92.3 cm³/mol. The predicted octanol–water partition coefficient (Wildman–Crippen LogP) is 3.83. The molecule has 0 N–H and O–H groups in total. The monoisotopic (exact) mass is 308 g/mol. The van der Waals surface area contributed by atoms with Crippen molar-refractivity contribution in [1.29, 1.82) is 0 Å². The van der Waals surface area contributed by atoms with E-state index in [9.17, 15) is 4.79 Å². The van der Waals surface area contributed by atoms with Gasteiger partial charge in [0.2, 0.25) is 5.91 Å². The van der Waals surface area contributed by atoms with Crippen LogP contribution in [0.5, 0.6) is 0 Å². The van der Waals surface area contributed by atoms with Crippen LogP contribution in [0.2, 0.25) is 0 Å². The summed E-state index contributed by atoms with van der Waals surface area (Å²) in [5, 5.41) is 0. The second-order valence-electron chi connectivity index (χ2n) is 7.24. The highest BCUT2D eigenvalue weighted by atomic mass is 16.2. The van der Waals surface area contributed by atoms with Crippen molar-refractivity contribution >= 4 is 11.7 Å². The van der Waals surface area contributed by atoms with Gasteiger partial charge in [-0.25, -0.2) is 4.99 Å². The van der Waals surface area contributed by atoms with Gasteiger partial charge in [-0.3, -0.25) is 9.69 Å². The number of amidine groups is 1. The SMILES string of the molecule is CC[C@@H]1C[C@@]23C(=NC(C)=C(C)C2Cc2ccccc23)N1C(C)=O. The van der Waals surface area contributed by atoms with Gasteiger partial charge in [0.1, 0.15) is 5.84 Å². The Balaban J connectivity index is 1.99. The minimum Gasteiger partial charge on any atom is -0.297 e. The van der Waals surface area contributed by atoms with Gasteiger partial charge in [0.15, 0.2) is 0 Å². The average Bonchev–Trinajstić information content (AvgIpc) is 3.04. The van der Waals surface area contributed by atoms with Crippen LogP contribution in [0, 0.1) is 5.92 Å². The Bertz CT molecular complexity index is 761. The molecule has 1 spiro atoms. The number of benzene rings is 1. The zero-order valence-corrected chi connectivity index (χ0v) is 14.4. The zero-order chi connectivity index (χ0) is 16.4. The lowest BCUT2D eigenvalue weighted by Crippen LogP contribution is -2.46. The molecule has 0 radical (unpaired) electrons. The molecule has 3 nitrogen and oxygen atoms in total. The van der Waals surface area contributed by atoms with Crippen LogP contribution in [0.4, 0.5) is 0 Å². The number of hydrogen-bond donors (Lipinski definition) is 0. The largest absolute Gasteiger partial charge is 0.297 e. The third kappa shape index (κ3) is 1.71. The fourth-order valence-corrected chi connectivity index (χ4v) is 5.09. The Morgan fingerprint density at radius 2 is 2.09 bits per heavy atom. The number of allylic oxidation sites excluding steroid dienone is 2. The van der Waals surface area contributed by atoms with Gasteiger partial charge in [-0.15, -0.1) is 0 Å². The molecule has 1 unspecified atom stereocenters. The Labute approximate surface area is 138 Å². The fourth-order valence-electron chi connectivity index (χ4n) is 5.09. The van der Waals surface area contributed by atoms with Crippen LogP contribution >= 0.6 is 0 Å². The fraction of sp³-hybridized carbons (Fsp3) is 0.500. The molecule has 23 heavy (non-hydrogen) atoms. The van der Waals surface area contributed by atoms with Crippen molar-refractivity contribution in [3.63, 3.8) is 0 Å². The molecule has 0 saturated carbocycles. The summed E-state index contributed by atoms with van der Waals surface area (Å²) in [5.74, 6) is 1.59. The number of hydrogen-bond acceptors (Lipinski definition) is 2. The first kappa shape index (κ1) is 14.7. The summed E-state index contributed by atoms with van der Waals surface area (Å²) >= 11 is 0. The van der Waals surface area contributed by atoms with Crippen LogP contribution in [0.25, 0.3) is 0 Å². The van der Waals surface area contributed by atoms with Crippen LogP contribution in [0.1, 0.15) is 51.7 Å². The topological polar surface area (TPSA) is 32.7 Å². The molecule has 4 rings (SSSR count). The number of aliphatic imine (C=N–C) groups is 1. The second-order valence-corrected chi connectivity index (χ2v) is 7.24. The number of nitrogens with zero attached hydrogens (tertiary/aromatic N) is 2. The van der Waals surface area contributed by atoms with Gasteiger partial charge in [-0.1, -0.05) is 31.2 Å². The smallest absolute Gasteiger partial charge is 0.225 e. The molecule has 120 valence electrons. The average molecular weight is 308 g/mol.